The molecule has 6 aromatic carbocycles. The molecule has 0 aliphatic carbocycles. The van der Waals surface area contributed by atoms with Gasteiger partial charge in [-0.2, -0.15) is 8.61 Å². The lowest BCUT2D eigenvalue weighted by molar-refractivity contribution is 0.0516. The Morgan fingerprint density at radius 2 is 0.605 bits per heavy atom. The Balaban J connectivity index is 1.56. The van der Waals surface area contributed by atoms with Gasteiger partial charge in [0.05, 0.1) is 58.5 Å². The van der Waals surface area contributed by atoms with Crippen molar-refractivity contribution in [3.05, 3.63) is 177 Å². The van der Waals surface area contributed by atoms with Gasteiger partial charge in [-0.25, -0.2) is 36.0 Å². The number of carbonyl (C=O) groups excluding carboxylic acids is 4. The van der Waals surface area contributed by atoms with Gasteiger partial charge in [0.25, 0.3) is 0 Å². The molecule has 1 aliphatic heterocycles. The third-order valence-electron chi connectivity index (χ3n) is 12.8. The van der Waals surface area contributed by atoms with Crippen molar-refractivity contribution < 1.29 is 55.0 Å². The van der Waals surface area contributed by atoms with Crippen molar-refractivity contribution in [1.29, 1.82) is 0 Å². The molecule has 0 atom stereocenters. The van der Waals surface area contributed by atoms with E-state index < -0.39 is 43.9 Å². The fourth-order valence-corrected chi connectivity index (χ4v) is 11.8. The molecule has 0 saturated carbocycles. The van der Waals surface area contributed by atoms with Gasteiger partial charge in [-0.15, -0.1) is 0 Å². The summed E-state index contributed by atoms with van der Waals surface area (Å²) in [6.07, 6.45) is 0. The monoisotopic (exact) mass is 1070 g/mol. The maximum absolute atomic E-state index is 15.2. The second kappa shape index (κ2) is 23.1. The highest BCUT2D eigenvalue weighted by atomic mass is 32.2. The fourth-order valence-electron chi connectivity index (χ4n) is 8.95. The number of sulfonamides is 2. The smallest absolute Gasteiger partial charge is 0.338 e. The van der Waals surface area contributed by atoms with Gasteiger partial charge < -0.3 is 18.9 Å². The maximum atomic E-state index is 15.2. The Hall–Kier alpha value is -6.98. The highest BCUT2D eigenvalue weighted by Crippen LogP contribution is 2.35. The lowest BCUT2D eigenvalue weighted by atomic mass is 9.87. The molecule has 0 amide bonds. The summed E-state index contributed by atoms with van der Waals surface area (Å²) in [5.41, 5.74) is 4.56. The minimum atomic E-state index is -4.39. The Morgan fingerprint density at radius 3 is 0.803 bits per heavy atom. The number of hydrogen-bond acceptors (Lipinski definition) is 12. The van der Waals surface area contributed by atoms with E-state index in [0.717, 1.165) is 11.1 Å². The van der Waals surface area contributed by atoms with Gasteiger partial charge in [-0.05, 0) is 191 Å². The van der Waals surface area contributed by atoms with Crippen LogP contribution < -0.4 is 0 Å². The molecule has 1 aliphatic rings. The van der Waals surface area contributed by atoms with E-state index in [4.69, 9.17) is 18.9 Å². The van der Waals surface area contributed by atoms with E-state index in [1.54, 1.807) is 149 Å². The minimum Gasteiger partial charge on any atom is -0.462 e. The maximum Gasteiger partial charge on any atom is 0.338 e. The van der Waals surface area contributed by atoms with Crippen LogP contribution in [0.5, 0.6) is 0 Å². The Bertz CT molecular complexity index is 3030. The van der Waals surface area contributed by atoms with Gasteiger partial charge >= 0.3 is 23.9 Å². The van der Waals surface area contributed by atoms with Crippen molar-refractivity contribution in [2.75, 3.05) is 26.4 Å². The Morgan fingerprint density at radius 1 is 0.382 bits per heavy atom. The fraction of sp³-hybridized carbons (Fsp3) is 0.333. The molecular formula is C60H66N2O12S2. The molecule has 76 heavy (non-hydrogen) atoms. The summed E-state index contributed by atoms with van der Waals surface area (Å²) in [6.45, 7) is 17.7. The summed E-state index contributed by atoms with van der Waals surface area (Å²) < 4.78 is 85.3. The van der Waals surface area contributed by atoms with Crippen LogP contribution in [-0.4, -0.2) is 75.8 Å². The highest BCUT2D eigenvalue weighted by Gasteiger charge is 2.31. The third-order valence-corrected chi connectivity index (χ3v) is 16.4. The Labute approximate surface area is 447 Å². The average Bonchev–Trinajstić information content (AvgIpc) is 3.37. The summed E-state index contributed by atoms with van der Waals surface area (Å²) in [4.78, 5) is 55.0. The molecule has 400 valence electrons. The first-order chi connectivity index (χ1) is 35.8. The first-order valence-electron chi connectivity index (χ1n) is 25.3. The van der Waals surface area contributed by atoms with Gasteiger partial charge in [0.15, 0.2) is 0 Å². The number of fused-ring (bicyclic) bond motifs is 10. The zero-order chi connectivity index (χ0) is 55.3. The van der Waals surface area contributed by atoms with Crippen LogP contribution in [0.3, 0.4) is 0 Å². The number of hydrogen-bond donors (Lipinski definition) is 0. The van der Waals surface area contributed by atoms with E-state index in [9.17, 15) is 19.2 Å². The predicted octanol–water partition coefficient (Wildman–Crippen LogP) is 11.4. The first kappa shape index (κ1) is 56.7. The standard InChI is InChI=1S/C60H66N2O12S2/c1-11-71-55(63)47-27-39-23-43(31-47)44-24-40(28-48(32-44)56(64)72-12-2)37-62(76(69,70)54-21-17-52(18-22-54)60(8,9)10)38-42-26-46(34-50(30-42)58(66)74-14-4)45-25-41(29-49(33-45)57(65)73-13-3)36-61(35-39)75(67,68)53-19-15-51(16-20-53)59(5,6)7/h15-34H,11-14,35-38H2,1-10H3. The molecular weight excluding hydrogens is 1000 g/mol. The normalized spacial score (nSPS) is 13.7. The molecule has 0 N–H and O–H groups in total. The van der Waals surface area contributed by atoms with E-state index in [2.05, 4.69) is 0 Å². The van der Waals surface area contributed by atoms with E-state index >= 15 is 16.8 Å². The van der Waals surface area contributed by atoms with E-state index in [1.807, 2.05) is 41.5 Å². The molecule has 0 aromatic heterocycles. The van der Waals surface area contributed by atoms with Crippen LogP contribution in [0.2, 0.25) is 0 Å². The summed E-state index contributed by atoms with van der Waals surface area (Å²) in [6, 6.07) is 32.6. The van der Waals surface area contributed by atoms with Crippen LogP contribution in [0.4, 0.5) is 0 Å². The molecule has 8 bridgehead atoms. The van der Waals surface area contributed by atoms with E-state index in [0.29, 0.717) is 44.5 Å². The number of nitrogens with zero attached hydrogens (tertiary/aromatic N) is 2. The van der Waals surface area contributed by atoms with Crippen LogP contribution in [0, 0.1) is 0 Å². The van der Waals surface area contributed by atoms with Gasteiger partial charge in [-0.1, -0.05) is 65.8 Å². The predicted molar refractivity (Wildman–Crippen MR) is 291 cm³/mol. The summed E-state index contributed by atoms with van der Waals surface area (Å²) in [5.74, 6) is -2.75. The molecule has 0 radical (unpaired) electrons. The number of ether oxygens (including phenoxy) is 4. The molecule has 16 heteroatoms. The first-order valence-corrected chi connectivity index (χ1v) is 28.2. The number of benzene rings is 6. The van der Waals surface area contributed by atoms with Gasteiger partial charge in [0.2, 0.25) is 20.0 Å². The SMILES string of the molecule is CCOC(=O)c1cc2cc(c1)-c1cc(cc(C(=O)OCC)c1)CN(S(=O)(=O)c1ccc(C(C)(C)C)cc1)Cc1cc(C(=O)OCC)cc(c1)-c1cc(cc(C(=O)OCC)c1)CN(S(=O)(=O)c1ccc(C(C)(C)C)cc1)C2. The zero-order valence-electron chi connectivity index (χ0n) is 44.8. The number of carbonyl (C=O) groups is 4. The number of rotatable bonds is 12. The molecule has 0 spiro atoms. The van der Waals surface area contributed by atoms with Crippen molar-refractivity contribution in [3.63, 3.8) is 0 Å². The quantitative estimate of drug-likeness (QED) is 0.0837. The molecule has 0 unspecified atom stereocenters. The summed E-state index contributed by atoms with van der Waals surface area (Å²) in [5, 5.41) is 0. The van der Waals surface area contributed by atoms with Crippen molar-refractivity contribution in [3.8, 4) is 22.3 Å². The van der Waals surface area contributed by atoms with Crippen molar-refractivity contribution in [1.82, 2.24) is 8.61 Å². The second-order valence-corrected chi connectivity index (χ2v) is 24.5. The summed E-state index contributed by atoms with van der Waals surface area (Å²) >= 11 is 0. The minimum absolute atomic E-state index is 0.00519. The molecule has 0 saturated heterocycles. The third kappa shape index (κ3) is 13.2. The van der Waals surface area contributed by atoms with Gasteiger partial charge in [-0.3, -0.25) is 0 Å². The molecule has 6 aromatic rings. The van der Waals surface area contributed by atoms with E-state index in [1.165, 1.54) is 8.61 Å². The van der Waals surface area contributed by atoms with Gasteiger partial charge in [0, 0.05) is 26.2 Å². The van der Waals surface area contributed by atoms with Crippen LogP contribution in [0.25, 0.3) is 22.3 Å². The number of esters is 4. The molecule has 0 fully saturated rings. The van der Waals surface area contributed by atoms with E-state index in [-0.39, 0.29) is 95.5 Å². The van der Waals surface area contributed by atoms with Crippen LogP contribution in [0.15, 0.2) is 131 Å². The van der Waals surface area contributed by atoms with Crippen LogP contribution >= 0.6 is 0 Å². The van der Waals surface area contributed by atoms with Crippen molar-refractivity contribution >= 4 is 43.9 Å². The molecule has 14 nitrogen and oxygen atoms in total. The van der Waals surface area contributed by atoms with Crippen LogP contribution in [-0.2, 0) is 76.0 Å². The van der Waals surface area contributed by atoms with Crippen LogP contribution in [0.1, 0.15) is 144 Å². The zero-order valence-corrected chi connectivity index (χ0v) is 46.4. The average molecular weight is 1070 g/mol. The lowest BCUT2D eigenvalue weighted by Crippen LogP contribution is -2.31. The summed E-state index contributed by atoms with van der Waals surface area (Å²) in [7, 11) is -8.79. The Kier molecular flexibility index (Phi) is 17.2. The van der Waals surface area contributed by atoms with Gasteiger partial charge in [0.1, 0.15) is 0 Å². The van der Waals surface area contributed by atoms with Crippen molar-refractivity contribution in [2.45, 2.75) is 116 Å². The second-order valence-electron chi connectivity index (χ2n) is 20.7. The molecule has 1 heterocycles. The largest absolute Gasteiger partial charge is 0.462 e. The topological polar surface area (TPSA) is 180 Å². The highest BCUT2D eigenvalue weighted by molar-refractivity contribution is 7.89. The van der Waals surface area contributed by atoms with Crippen molar-refractivity contribution in [2.24, 2.45) is 0 Å². The lowest BCUT2D eigenvalue weighted by Gasteiger charge is -2.26. The molecule has 7 rings (SSSR count).